The highest BCUT2D eigenvalue weighted by atomic mass is 16.6. The van der Waals surface area contributed by atoms with Gasteiger partial charge in [0, 0.05) is 6.04 Å². The number of nitrogens with one attached hydrogen (secondary N) is 2. The predicted octanol–water partition coefficient (Wildman–Crippen LogP) is 3.67. The van der Waals surface area contributed by atoms with Gasteiger partial charge in [0.15, 0.2) is 0 Å². The molecule has 33 heavy (non-hydrogen) atoms. The Kier molecular flexibility index (Phi) is 9.27. The molecule has 1 aliphatic rings. The van der Waals surface area contributed by atoms with E-state index in [-0.39, 0.29) is 25.0 Å². The number of ether oxygens (including phenoxy) is 1. The Morgan fingerprint density at radius 3 is 2.42 bits per heavy atom. The van der Waals surface area contributed by atoms with Gasteiger partial charge in [-0.1, -0.05) is 43.0 Å². The highest BCUT2D eigenvalue weighted by molar-refractivity contribution is 5.91. The Bertz CT molecular complexity index is 895. The molecule has 0 bridgehead atoms. The summed E-state index contributed by atoms with van der Waals surface area (Å²) in [5, 5.41) is 15.0. The van der Waals surface area contributed by atoms with Gasteiger partial charge in [-0.05, 0) is 58.6 Å². The maximum Gasteiger partial charge on any atom is 0.408 e. The average Bonchev–Trinajstić information content (AvgIpc) is 2.72. The van der Waals surface area contributed by atoms with Crippen LogP contribution >= 0.6 is 0 Å². The van der Waals surface area contributed by atoms with E-state index in [1.807, 2.05) is 38.1 Å². The molecule has 8 nitrogen and oxygen atoms in total. The molecule has 0 saturated heterocycles. The molecule has 8 heteroatoms. The summed E-state index contributed by atoms with van der Waals surface area (Å²) in [6.45, 7) is 8.35. The Morgan fingerprint density at radius 2 is 1.85 bits per heavy atom. The molecule has 2 N–H and O–H groups in total. The fourth-order valence-corrected chi connectivity index (χ4v) is 4.07. The molecule has 180 valence electrons. The lowest BCUT2D eigenvalue weighted by Crippen LogP contribution is -2.50. The molecule has 1 unspecified atom stereocenters. The minimum Gasteiger partial charge on any atom is -0.444 e. The third-order valence-electron chi connectivity index (χ3n) is 5.58. The molecule has 1 aromatic carbocycles. The topological polar surface area (TPSA) is 112 Å². The fourth-order valence-electron chi connectivity index (χ4n) is 4.07. The van der Waals surface area contributed by atoms with Crippen molar-refractivity contribution in [2.24, 2.45) is 0 Å². The highest BCUT2D eigenvalue weighted by Gasteiger charge is 2.34. The first-order chi connectivity index (χ1) is 15.5. The summed E-state index contributed by atoms with van der Waals surface area (Å²) < 4.78 is 5.19. The number of nitriles is 1. The minimum absolute atomic E-state index is 0.0541. The number of carbonyl (C=O) groups is 3. The van der Waals surface area contributed by atoms with Crippen LogP contribution in [0, 0.1) is 25.2 Å². The van der Waals surface area contributed by atoms with Crippen molar-refractivity contribution in [2.75, 3.05) is 13.1 Å². The van der Waals surface area contributed by atoms with Crippen LogP contribution in [0.4, 0.5) is 4.79 Å². The third-order valence-corrected chi connectivity index (χ3v) is 5.58. The van der Waals surface area contributed by atoms with E-state index in [0.29, 0.717) is 5.56 Å². The van der Waals surface area contributed by atoms with Crippen molar-refractivity contribution in [3.8, 4) is 6.07 Å². The lowest BCUT2D eigenvalue weighted by atomic mass is 9.93. The zero-order valence-electron chi connectivity index (χ0n) is 20.4. The van der Waals surface area contributed by atoms with E-state index in [0.717, 1.165) is 43.2 Å². The summed E-state index contributed by atoms with van der Waals surface area (Å²) in [4.78, 5) is 39.8. The van der Waals surface area contributed by atoms with Crippen LogP contribution in [0.1, 0.15) is 75.6 Å². The number of aryl methyl sites for hydroxylation is 2. The second-order valence-corrected chi connectivity index (χ2v) is 9.64. The van der Waals surface area contributed by atoms with E-state index in [1.54, 1.807) is 20.8 Å². The van der Waals surface area contributed by atoms with Gasteiger partial charge in [0.1, 0.15) is 24.7 Å². The van der Waals surface area contributed by atoms with Crippen molar-refractivity contribution in [1.82, 2.24) is 15.5 Å². The van der Waals surface area contributed by atoms with E-state index >= 15 is 0 Å². The SMILES string of the molecule is Cc1ccc(C(C(=O)NC2CCCCC2)N(CC#N)C(=O)CNC(=O)OC(C)(C)C)c(C)c1. The normalized spacial score (nSPS) is 15.2. The lowest BCUT2D eigenvalue weighted by molar-refractivity contribution is -0.139. The minimum atomic E-state index is -0.972. The smallest absolute Gasteiger partial charge is 0.408 e. The van der Waals surface area contributed by atoms with Crippen molar-refractivity contribution in [3.63, 3.8) is 0 Å². The molecule has 1 aromatic rings. The van der Waals surface area contributed by atoms with Gasteiger partial charge in [-0.3, -0.25) is 9.59 Å². The number of nitrogens with zero attached hydrogens (tertiary/aromatic N) is 2. The molecule has 2 rings (SSSR count). The van der Waals surface area contributed by atoms with Gasteiger partial charge < -0.3 is 20.3 Å². The standard InChI is InChI=1S/C25H36N4O4/c1-17-11-12-20(18(2)15-17)22(23(31)28-19-9-7-6-8-10-19)29(14-13-26)21(30)16-27-24(32)33-25(3,4)5/h11-12,15,19,22H,6-10,14,16H2,1-5H3,(H,27,32)(H,28,31). The molecule has 3 amide bonds. The maximum atomic E-state index is 13.5. The van der Waals surface area contributed by atoms with Gasteiger partial charge in [-0.25, -0.2) is 4.79 Å². The molecule has 0 spiro atoms. The van der Waals surface area contributed by atoms with Crippen molar-refractivity contribution >= 4 is 17.9 Å². The Balaban J connectivity index is 2.29. The molecule has 1 saturated carbocycles. The van der Waals surface area contributed by atoms with Gasteiger partial charge in [-0.2, -0.15) is 5.26 Å². The van der Waals surface area contributed by atoms with Crippen LogP contribution in [-0.4, -0.2) is 47.5 Å². The summed E-state index contributed by atoms with van der Waals surface area (Å²) >= 11 is 0. The van der Waals surface area contributed by atoms with Gasteiger partial charge in [0.05, 0.1) is 6.07 Å². The summed E-state index contributed by atoms with van der Waals surface area (Å²) in [5.41, 5.74) is 1.85. The van der Waals surface area contributed by atoms with Crippen LogP contribution in [0.2, 0.25) is 0 Å². The highest BCUT2D eigenvalue weighted by Crippen LogP contribution is 2.27. The van der Waals surface area contributed by atoms with Gasteiger partial charge in [0.2, 0.25) is 11.8 Å². The van der Waals surface area contributed by atoms with Crippen molar-refractivity contribution in [1.29, 1.82) is 5.26 Å². The quantitative estimate of drug-likeness (QED) is 0.608. The van der Waals surface area contributed by atoms with Gasteiger partial charge in [-0.15, -0.1) is 0 Å². The third kappa shape index (κ3) is 8.08. The summed E-state index contributed by atoms with van der Waals surface area (Å²) in [7, 11) is 0. The van der Waals surface area contributed by atoms with Gasteiger partial charge in [0.25, 0.3) is 0 Å². The van der Waals surface area contributed by atoms with Crippen LogP contribution in [0.5, 0.6) is 0 Å². The zero-order chi connectivity index (χ0) is 24.6. The Labute approximate surface area is 196 Å². The van der Waals surface area contributed by atoms with Crippen LogP contribution in [0.25, 0.3) is 0 Å². The van der Waals surface area contributed by atoms with Crippen molar-refractivity contribution in [2.45, 2.75) is 84.4 Å². The number of hydrogen-bond donors (Lipinski definition) is 2. The first-order valence-corrected chi connectivity index (χ1v) is 11.5. The molecular weight excluding hydrogens is 420 g/mol. The Hall–Kier alpha value is -3.08. The number of rotatable bonds is 7. The molecule has 1 atom stereocenters. The molecule has 0 radical (unpaired) electrons. The van der Waals surface area contributed by atoms with Crippen LogP contribution < -0.4 is 10.6 Å². The number of benzene rings is 1. The number of amides is 3. The first-order valence-electron chi connectivity index (χ1n) is 11.5. The molecule has 1 fully saturated rings. The van der Waals surface area contributed by atoms with Gasteiger partial charge >= 0.3 is 6.09 Å². The van der Waals surface area contributed by atoms with Crippen LogP contribution in [-0.2, 0) is 14.3 Å². The van der Waals surface area contributed by atoms with E-state index in [1.165, 1.54) is 4.90 Å². The van der Waals surface area contributed by atoms with Crippen LogP contribution in [0.15, 0.2) is 18.2 Å². The first kappa shape index (κ1) is 26.2. The predicted molar refractivity (Wildman–Crippen MR) is 125 cm³/mol. The fraction of sp³-hybridized carbons (Fsp3) is 0.600. The molecule has 0 heterocycles. The summed E-state index contributed by atoms with van der Waals surface area (Å²) in [6.07, 6.45) is 4.33. The van der Waals surface area contributed by atoms with E-state index in [2.05, 4.69) is 10.6 Å². The zero-order valence-corrected chi connectivity index (χ0v) is 20.4. The maximum absolute atomic E-state index is 13.5. The molecule has 0 aromatic heterocycles. The molecule has 1 aliphatic carbocycles. The average molecular weight is 457 g/mol. The largest absolute Gasteiger partial charge is 0.444 e. The summed E-state index contributed by atoms with van der Waals surface area (Å²) in [6, 6.07) is 6.74. The summed E-state index contributed by atoms with van der Waals surface area (Å²) in [5.74, 6) is -0.846. The van der Waals surface area contributed by atoms with Crippen LogP contribution in [0.3, 0.4) is 0 Å². The second kappa shape index (κ2) is 11.7. The molecular formula is C25H36N4O4. The molecule has 0 aliphatic heterocycles. The lowest BCUT2D eigenvalue weighted by Gasteiger charge is -2.33. The number of hydrogen-bond acceptors (Lipinski definition) is 5. The Morgan fingerprint density at radius 1 is 1.18 bits per heavy atom. The number of alkyl carbamates (subject to hydrolysis) is 1. The van der Waals surface area contributed by atoms with E-state index in [4.69, 9.17) is 4.74 Å². The van der Waals surface area contributed by atoms with E-state index in [9.17, 15) is 19.6 Å². The monoisotopic (exact) mass is 456 g/mol. The van der Waals surface area contributed by atoms with E-state index < -0.39 is 23.6 Å². The number of carbonyl (C=O) groups excluding carboxylic acids is 3. The second-order valence-electron chi connectivity index (χ2n) is 9.64. The van der Waals surface area contributed by atoms with Crippen molar-refractivity contribution < 1.29 is 19.1 Å². The van der Waals surface area contributed by atoms with Crippen molar-refractivity contribution in [3.05, 3.63) is 34.9 Å².